The third kappa shape index (κ3) is 3.63. The third-order valence-electron chi connectivity index (χ3n) is 6.04. The molecule has 2 aromatic rings. The van der Waals surface area contributed by atoms with Crippen molar-refractivity contribution in [1.82, 2.24) is 14.9 Å². The molecule has 0 aliphatic carbocycles. The number of benzene rings is 1. The van der Waals surface area contributed by atoms with Crippen molar-refractivity contribution < 1.29 is 18.7 Å². The molecule has 2 aliphatic rings. The zero-order valence-electron chi connectivity index (χ0n) is 16.6. The lowest BCUT2D eigenvalue weighted by Gasteiger charge is -2.54. The Labute approximate surface area is 168 Å². The zero-order valence-corrected chi connectivity index (χ0v) is 16.6. The van der Waals surface area contributed by atoms with E-state index in [2.05, 4.69) is 16.9 Å². The lowest BCUT2D eigenvalue weighted by molar-refractivity contribution is 0.0524. The SMILES string of the molecule is CCCCOC(=O)N1CCC2(CC1)CN(c1ncnc3ccc(C=O)c(F)c13)C2. The largest absolute Gasteiger partial charge is 0.449 e. The molecular weight excluding hydrogens is 375 g/mol. The van der Waals surface area contributed by atoms with E-state index in [1.165, 1.54) is 12.4 Å². The average molecular weight is 400 g/mol. The topological polar surface area (TPSA) is 75.6 Å². The van der Waals surface area contributed by atoms with E-state index in [9.17, 15) is 14.0 Å². The summed E-state index contributed by atoms with van der Waals surface area (Å²) in [5.74, 6) is -0.0399. The molecule has 3 heterocycles. The lowest BCUT2D eigenvalue weighted by Crippen LogP contribution is -2.61. The lowest BCUT2D eigenvalue weighted by atomic mass is 9.72. The maximum atomic E-state index is 14.8. The molecule has 7 nitrogen and oxygen atoms in total. The molecule has 1 amide bonds. The number of piperidine rings is 1. The number of carbonyl (C=O) groups is 2. The Hall–Kier alpha value is -2.77. The predicted molar refractivity (Wildman–Crippen MR) is 107 cm³/mol. The van der Waals surface area contributed by atoms with Gasteiger partial charge in [-0.2, -0.15) is 0 Å². The van der Waals surface area contributed by atoms with Crippen molar-refractivity contribution in [1.29, 1.82) is 0 Å². The fourth-order valence-corrected chi connectivity index (χ4v) is 4.23. The number of nitrogens with zero attached hydrogens (tertiary/aromatic N) is 4. The van der Waals surface area contributed by atoms with E-state index in [1.54, 1.807) is 11.0 Å². The second-order valence-corrected chi connectivity index (χ2v) is 7.99. The Morgan fingerprint density at radius 2 is 2.03 bits per heavy atom. The quantitative estimate of drug-likeness (QED) is 0.565. The number of fused-ring (bicyclic) bond motifs is 1. The van der Waals surface area contributed by atoms with Crippen molar-refractivity contribution in [3.8, 4) is 0 Å². The summed E-state index contributed by atoms with van der Waals surface area (Å²) in [6.07, 6.45) is 5.37. The molecule has 154 valence electrons. The van der Waals surface area contributed by atoms with Crippen molar-refractivity contribution in [3.05, 3.63) is 29.8 Å². The molecule has 1 spiro atoms. The number of aromatic nitrogens is 2. The molecule has 0 radical (unpaired) electrons. The minimum absolute atomic E-state index is 0.0127. The molecule has 0 N–H and O–H groups in total. The molecular formula is C21H25FN4O3. The standard InChI is InChI=1S/C21H25FN4O3/c1-2-3-10-29-20(28)25-8-6-21(7-9-25)12-26(13-21)19-17-16(23-14-24-19)5-4-15(11-27)18(17)22/h4-5,11,14H,2-3,6-10,12-13H2,1H3. The normalized spacial score (nSPS) is 18.0. The summed E-state index contributed by atoms with van der Waals surface area (Å²) < 4.78 is 20.1. The summed E-state index contributed by atoms with van der Waals surface area (Å²) in [6, 6.07) is 3.08. The number of unbranched alkanes of at least 4 members (excludes halogenated alkanes) is 1. The minimum atomic E-state index is -0.571. The van der Waals surface area contributed by atoms with Crippen LogP contribution in [0.4, 0.5) is 15.0 Å². The van der Waals surface area contributed by atoms with E-state index < -0.39 is 5.82 Å². The number of hydrogen-bond donors (Lipinski definition) is 0. The van der Waals surface area contributed by atoms with Crippen LogP contribution in [0.2, 0.25) is 0 Å². The number of halogens is 1. The van der Waals surface area contributed by atoms with Crippen LogP contribution in [-0.2, 0) is 4.74 Å². The summed E-state index contributed by atoms with van der Waals surface area (Å²) >= 11 is 0. The predicted octanol–water partition coefficient (Wildman–Crippen LogP) is 3.42. The number of amides is 1. The summed E-state index contributed by atoms with van der Waals surface area (Å²) in [5, 5.41) is 0.295. The van der Waals surface area contributed by atoms with E-state index in [0.29, 0.717) is 42.7 Å². The highest BCUT2D eigenvalue weighted by molar-refractivity contribution is 5.94. The highest BCUT2D eigenvalue weighted by atomic mass is 19.1. The number of aldehydes is 1. The molecule has 0 bridgehead atoms. The van der Waals surface area contributed by atoms with Crippen LogP contribution >= 0.6 is 0 Å². The van der Waals surface area contributed by atoms with Gasteiger partial charge in [-0.25, -0.2) is 19.2 Å². The molecule has 8 heteroatoms. The van der Waals surface area contributed by atoms with Crippen LogP contribution < -0.4 is 4.90 Å². The average Bonchev–Trinajstić information content (AvgIpc) is 2.72. The smallest absolute Gasteiger partial charge is 0.409 e. The first-order valence-corrected chi connectivity index (χ1v) is 10.1. The molecule has 2 saturated heterocycles. The minimum Gasteiger partial charge on any atom is -0.449 e. The molecule has 2 aliphatic heterocycles. The van der Waals surface area contributed by atoms with E-state index in [1.807, 2.05) is 4.90 Å². The zero-order chi connectivity index (χ0) is 20.4. The second kappa shape index (κ2) is 7.93. The van der Waals surface area contributed by atoms with E-state index in [0.717, 1.165) is 38.8 Å². The van der Waals surface area contributed by atoms with Gasteiger partial charge < -0.3 is 14.5 Å². The molecule has 0 saturated carbocycles. The van der Waals surface area contributed by atoms with Gasteiger partial charge in [-0.1, -0.05) is 13.3 Å². The number of carbonyl (C=O) groups excluding carboxylic acids is 2. The Balaban J connectivity index is 1.42. The molecule has 0 atom stereocenters. The van der Waals surface area contributed by atoms with Crippen LogP contribution in [-0.4, -0.2) is 60.0 Å². The fourth-order valence-electron chi connectivity index (χ4n) is 4.23. The van der Waals surface area contributed by atoms with Crippen LogP contribution in [0.25, 0.3) is 10.9 Å². The third-order valence-corrected chi connectivity index (χ3v) is 6.04. The van der Waals surface area contributed by atoms with Gasteiger partial charge in [-0.3, -0.25) is 4.79 Å². The first-order chi connectivity index (χ1) is 14.1. The monoisotopic (exact) mass is 400 g/mol. The molecule has 2 fully saturated rings. The van der Waals surface area contributed by atoms with Gasteiger partial charge in [0.1, 0.15) is 18.0 Å². The van der Waals surface area contributed by atoms with Crippen LogP contribution in [0.1, 0.15) is 43.0 Å². The van der Waals surface area contributed by atoms with Crippen molar-refractivity contribution in [2.24, 2.45) is 5.41 Å². The Morgan fingerprint density at radius 1 is 1.28 bits per heavy atom. The molecule has 29 heavy (non-hydrogen) atoms. The summed E-state index contributed by atoms with van der Waals surface area (Å²) in [4.78, 5) is 35.5. The number of anilines is 1. The van der Waals surface area contributed by atoms with Crippen LogP contribution in [0, 0.1) is 11.2 Å². The van der Waals surface area contributed by atoms with Gasteiger partial charge in [0.15, 0.2) is 6.29 Å². The molecule has 1 aromatic heterocycles. The number of likely N-dealkylation sites (tertiary alicyclic amines) is 1. The van der Waals surface area contributed by atoms with Gasteiger partial charge in [-0.15, -0.1) is 0 Å². The molecule has 0 unspecified atom stereocenters. The number of hydrogen-bond acceptors (Lipinski definition) is 6. The Kier molecular flexibility index (Phi) is 5.34. The number of rotatable bonds is 5. The van der Waals surface area contributed by atoms with Gasteiger partial charge in [0.05, 0.1) is 23.1 Å². The van der Waals surface area contributed by atoms with Gasteiger partial charge >= 0.3 is 6.09 Å². The summed E-state index contributed by atoms with van der Waals surface area (Å²) in [7, 11) is 0. The molecule has 1 aromatic carbocycles. The van der Waals surface area contributed by atoms with Crippen LogP contribution in [0.15, 0.2) is 18.5 Å². The summed E-state index contributed by atoms with van der Waals surface area (Å²) in [5.41, 5.74) is 0.610. The van der Waals surface area contributed by atoms with Crippen LogP contribution in [0.5, 0.6) is 0 Å². The van der Waals surface area contributed by atoms with Gasteiger partial charge in [0, 0.05) is 31.6 Å². The Morgan fingerprint density at radius 3 is 2.72 bits per heavy atom. The maximum Gasteiger partial charge on any atom is 0.409 e. The summed E-state index contributed by atoms with van der Waals surface area (Å²) in [6.45, 7) is 5.39. The van der Waals surface area contributed by atoms with Crippen molar-refractivity contribution >= 4 is 29.1 Å². The van der Waals surface area contributed by atoms with Crippen molar-refractivity contribution in [2.75, 3.05) is 37.7 Å². The second-order valence-electron chi connectivity index (χ2n) is 7.99. The van der Waals surface area contributed by atoms with E-state index in [-0.39, 0.29) is 17.1 Å². The number of ether oxygens (including phenoxy) is 1. The van der Waals surface area contributed by atoms with Crippen LogP contribution in [0.3, 0.4) is 0 Å². The highest BCUT2D eigenvalue weighted by Gasteiger charge is 2.46. The highest BCUT2D eigenvalue weighted by Crippen LogP contribution is 2.43. The van der Waals surface area contributed by atoms with Crippen molar-refractivity contribution in [3.63, 3.8) is 0 Å². The Bertz CT molecular complexity index is 920. The van der Waals surface area contributed by atoms with E-state index in [4.69, 9.17) is 4.74 Å². The van der Waals surface area contributed by atoms with Gasteiger partial charge in [-0.05, 0) is 31.4 Å². The first kappa shape index (κ1) is 19.5. The van der Waals surface area contributed by atoms with Gasteiger partial charge in [0.2, 0.25) is 0 Å². The fraction of sp³-hybridized carbons (Fsp3) is 0.524. The van der Waals surface area contributed by atoms with E-state index >= 15 is 0 Å². The van der Waals surface area contributed by atoms with Gasteiger partial charge in [0.25, 0.3) is 0 Å². The molecule has 4 rings (SSSR count). The van der Waals surface area contributed by atoms with Crippen molar-refractivity contribution in [2.45, 2.75) is 32.6 Å². The maximum absolute atomic E-state index is 14.8. The first-order valence-electron chi connectivity index (χ1n) is 10.1.